The second-order valence-corrected chi connectivity index (χ2v) is 6.73. The zero-order valence-corrected chi connectivity index (χ0v) is 14.3. The van der Waals surface area contributed by atoms with Crippen LogP contribution in [-0.2, 0) is 11.8 Å². The van der Waals surface area contributed by atoms with E-state index in [1.54, 1.807) is 7.11 Å². The van der Waals surface area contributed by atoms with Crippen molar-refractivity contribution in [2.75, 3.05) is 13.7 Å². The Bertz CT molecular complexity index is 638. The highest BCUT2D eigenvalue weighted by Crippen LogP contribution is 2.34. The van der Waals surface area contributed by atoms with Crippen LogP contribution in [0.25, 0.3) is 5.69 Å². The summed E-state index contributed by atoms with van der Waals surface area (Å²) in [6.45, 7) is 9.30. The average Bonchev–Trinajstić information content (AvgIpc) is 2.83. The lowest BCUT2D eigenvalue weighted by molar-refractivity contribution is 0.379. The van der Waals surface area contributed by atoms with E-state index in [-0.39, 0.29) is 5.41 Å². The molecule has 120 valence electrons. The minimum atomic E-state index is -0.0354. The van der Waals surface area contributed by atoms with Crippen LogP contribution < -0.4 is 10.5 Å². The Morgan fingerprint density at radius 3 is 2.55 bits per heavy atom. The molecule has 0 atom stereocenters. The summed E-state index contributed by atoms with van der Waals surface area (Å²) in [5, 5.41) is 4.87. The predicted molar refractivity (Wildman–Crippen MR) is 90.9 cm³/mol. The Morgan fingerprint density at radius 1 is 1.27 bits per heavy atom. The summed E-state index contributed by atoms with van der Waals surface area (Å²) in [6.07, 6.45) is 1.82. The van der Waals surface area contributed by atoms with Gasteiger partial charge in [-0.2, -0.15) is 5.10 Å². The van der Waals surface area contributed by atoms with E-state index < -0.39 is 0 Å². The molecule has 1 aromatic heterocycles. The number of aryl methyl sites for hydroxylation is 1. The maximum Gasteiger partial charge on any atom is 0.219 e. The number of methoxy groups -OCH3 is 1. The lowest BCUT2D eigenvalue weighted by Gasteiger charge is -2.17. The molecule has 2 aromatic rings. The van der Waals surface area contributed by atoms with E-state index in [0.717, 1.165) is 30.1 Å². The molecule has 0 unspecified atom stereocenters. The number of benzene rings is 1. The van der Waals surface area contributed by atoms with Crippen molar-refractivity contribution < 1.29 is 4.74 Å². The van der Waals surface area contributed by atoms with Crippen LogP contribution in [0.1, 0.15) is 44.0 Å². The molecular weight excluding hydrogens is 274 g/mol. The van der Waals surface area contributed by atoms with Gasteiger partial charge in [-0.15, -0.1) is 0 Å². The molecule has 2 N–H and O–H groups in total. The molecule has 0 aliphatic carbocycles. The van der Waals surface area contributed by atoms with Crippen molar-refractivity contribution >= 4 is 0 Å². The fraction of sp³-hybridized carbons (Fsp3) is 0.500. The van der Waals surface area contributed by atoms with Gasteiger partial charge in [-0.3, -0.25) is 0 Å². The summed E-state index contributed by atoms with van der Waals surface area (Å²) in [4.78, 5) is 0. The van der Waals surface area contributed by atoms with Crippen molar-refractivity contribution in [1.29, 1.82) is 0 Å². The third kappa shape index (κ3) is 3.33. The van der Waals surface area contributed by atoms with Gasteiger partial charge in [0.05, 0.1) is 18.5 Å². The van der Waals surface area contributed by atoms with Gasteiger partial charge in [0, 0.05) is 11.0 Å². The van der Waals surface area contributed by atoms with E-state index in [0.29, 0.717) is 6.54 Å². The van der Waals surface area contributed by atoms with Crippen molar-refractivity contribution in [2.24, 2.45) is 5.73 Å². The average molecular weight is 301 g/mol. The fourth-order valence-corrected chi connectivity index (χ4v) is 2.69. The molecule has 0 saturated heterocycles. The highest BCUT2D eigenvalue weighted by Gasteiger charge is 2.27. The van der Waals surface area contributed by atoms with Crippen LogP contribution in [0.5, 0.6) is 5.88 Å². The lowest BCUT2D eigenvalue weighted by atomic mass is 9.88. The molecule has 0 aliphatic heterocycles. The third-order valence-corrected chi connectivity index (χ3v) is 3.72. The van der Waals surface area contributed by atoms with Gasteiger partial charge in [0.25, 0.3) is 0 Å². The van der Waals surface area contributed by atoms with E-state index in [4.69, 9.17) is 15.6 Å². The molecule has 0 radical (unpaired) electrons. The van der Waals surface area contributed by atoms with Gasteiger partial charge in [0.15, 0.2) is 0 Å². The van der Waals surface area contributed by atoms with Crippen molar-refractivity contribution in [3.05, 3.63) is 41.1 Å². The molecule has 1 aromatic carbocycles. The molecule has 0 aliphatic rings. The maximum atomic E-state index is 5.70. The molecule has 0 spiro atoms. The van der Waals surface area contributed by atoms with Crippen molar-refractivity contribution in [2.45, 2.75) is 46.0 Å². The van der Waals surface area contributed by atoms with Crippen LogP contribution in [0, 0.1) is 6.92 Å². The Labute approximate surface area is 133 Å². The van der Waals surface area contributed by atoms with Gasteiger partial charge >= 0.3 is 0 Å². The highest BCUT2D eigenvalue weighted by molar-refractivity contribution is 5.44. The Morgan fingerprint density at radius 2 is 2.00 bits per heavy atom. The van der Waals surface area contributed by atoms with Gasteiger partial charge in [0.2, 0.25) is 5.88 Å². The topological polar surface area (TPSA) is 53.1 Å². The highest BCUT2D eigenvalue weighted by atomic mass is 16.5. The van der Waals surface area contributed by atoms with Crippen LogP contribution in [-0.4, -0.2) is 23.4 Å². The molecule has 0 saturated carbocycles. The zero-order chi connectivity index (χ0) is 16.3. The van der Waals surface area contributed by atoms with E-state index in [9.17, 15) is 0 Å². The quantitative estimate of drug-likeness (QED) is 0.921. The van der Waals surface area contributed by atoms with Crippen LogP contribution in [0.4, 0.5) is 0 Å². The predicted octanol–water partition coefficient (Wildman–Crippen LogP) is 3.38. The largest absolute Gasteiger partial charge is 0.481 e. The van der Waals surface area contributed by atoms with Gasteiger partial charge < -0.3 is 10.5 Å². The van der Waals surface area contributed by atoms with Gasteiger partial charge in [-0.05, 0) is 44.0 Å². The van der Waals surface area contributed by atoms with Crippen LogP contribution in [0.2, 0.25) is 0 Å². The van der Waals surface area contributed by atoms with Crippen LogP contribution in [0.15, 0.2) is 24.3 Å². The number of hydrogen-bond donors (Lipinski definition) is 1. The normalized spacial score (nSPS) is 11.7. The van der Waals surface area contributed by atoms with Gasteiger partial charge in [-0.25, -0.2) is 4.68 Å². The van der Waals surface area contributed by atoms with E-state index in [1.165, 1.54) is 11.1 Å². The number of ether oxygens (including phenoxy) is 1. The van der Waals surface area contributed by atoms with Crippen LogP contribution in [0.3, 0.4) is 0 Å². The first-order valence-electron chi connectivity index (χ1n) is 7.82. The zero-order valence-electron chi connectivity index (χ0n) is 14.3. The molecule has 1 heterocycles. The number of hydrogen-bond acceptors (Lipinski definition) is 3. The number of nitrogens with two attached hydrogens (primary N) is 1. The molecular formula is C18H27N3O. The molecule has 2 rings (SSSR count). The minimum absolute atomic E-state index is 0.0354. The van der Waals surface area contributed by atoms with E-state index in [2.05, 4.69) is 45.9 Å². The number of rotatable bonds is 5. The molecule has 0 bridgehead atoms. The summed E-state index contributed by atoms with van der Waals surface area (Å²) in [5.41, 5.74) is 10.1. The monoisotopic (exact) mass is 301 g/mol. The van der Waals surface area contributed by atoms with Crippen LogP contribution >= 0.6 is 0 Å². The summed E-state index contributed by atoms with van der Waals surface area (Å²) in [6, 6.07) is 8.30. The minimum Gasteiger partial charge on any atom is -0.481 e. The van der Waals surface area contributed by atoms with Crippen molar-refractivity contribution in [1.82, 2.24) is 9.78 Å². The van der Waals surface area contributed by atoms with Gasteiger partial charge in [-0.1, -0.05) is 32.9 Å². The third-order valence-electron chi connectivity index (χ3n) is 3.72. The van der Waals surface area contributed by atoms with Crippen molar-refractivity contribution in [3.63, 3.8) is 0 Å². The Balaban J connectivity index is 2.62. The second-order valence-electron chi connectivity index (χ2n) is 6.73. The summed E-state index contributed by atoms with van der Waals surface area (Å²) < 4.78 is 7.62. The fourth-order valence-electron chi connectivity index (χ4n) is 2.69. The smallest absolute Gasteiger partial charge is 0.219 e. The molecule has 0 fully saturated rings. The van der Waals surface area contributed by atoms with E-state index in [1.807, 2.05) is 10.7 Å². The second kappa shape index (κ2) is 6.53. The maximum absolute atomic E-state index is 5.70. The molecule has 22 heavy (non-hydrogen) atoms. The Kier molecular flexibility index (Phi) is 4.91. The van der Waals surface area contributed by atoms with Gasteiger partial charge in [0.1, 0.15) is 0 Å². The van der Waals surface area contributed by atoms with E-state index >= 15 is 0 Å². The van der Waals surface area contributed by atoms with Crippen molar-refractivity contribution in [3.8, 4) is 11.6 Å². The SMILES string of the molecule is COc1c(CCCN)c(C(C)(C)C)nn1-c1cccc(C)c1. The summed E-state index contributed by atoms with van der Waals surface area (Å²) in [7, 11) is 1.71. The summed E-state index contributed by atoms with van der Waals surface area (Å²) in [5.74, 6) is 0.823. The first-order valence-corrected chi connectivity index (χ1v) is 7.82. The molecule has 4 heteroatoms. The standard InChI is InChI=1S/C18H27N3O/c1-13-8-6-9-14(12-13)21-17(22-5)15(10-7-11-19)16(20-21)18(2,3)4/h6,8-9,12H,7,10-11,19H2,1-5H3. The Hall–Kier alpha value is -1.81. The molecule has 4 nitrogen and oxygen atoms in total. The lowest BCUT2D eigenvalue weighted by Crippen LogP contribution is -2.15. The summed E-state index contributed by atoms with van der Waals surface area (Å²) >= 11 is 0. The number of nitrogens with zero attached hydrogens (tertiary/aromatic N) is 2. The first kappa shape index (κ1) is 16.6. The first-order chi connectivity index (χ1) is 10.4. The molecule has 0 amide bonds. The number of aromatic nitrogens is 2.